The van der Waals surface area contributed by atoms with Crippen LogP contribution in [-0.2, 0) is 11.3 Å². The third-order valence-electron chi connectivity index (χ3n) is 7.45. The minimum Gasteiger partial charge on any atom is -0.493 e. The van der Waals surface area contributed by atoms with Crippen molar-refractivity contribution in [3.8, 4) is 11.5 Å². The van der Waals surface area contributed by atoms with Crippen molar-refractivity contribution in [2.24, 2.45) is 5.92 Å². The van der Waals surface area contributed by atoms with Crippen LogP contribution in [0.5, 0.6) is 11.5 Å². The fourth-order valence-electron chi connectivity index (χ4n) is 5.44. The van der Waals surface area contributed by atoms with Gasteiger partial charge in [-0.15, -0.1) is 11.3 Å². The van der Waals surface area contributed by atoms with Crippen LogP contribution < -0.4 is 19.7 Å². The van der Waals surface area contributed by atoms with Crippen molar-refractivity contribution in [1.29, 1.82) is 0 Å². The van der Waals surface area contributed by atoms with Gasteiger partial charge in [-0.25, -0.2) is 0 Å². The number of ether oxygens (including phenoxy) is 2. The Kier molecular flexibility index (Phi) is 5.80. The molecule has 5 rings (SSSR count). The Hall–Kier alpha value is -3.00. The highest BCUT2D eigenvalue weighted by Gasteiger charge is 2.49. The number of rotatable bonds is 5. The lowest BCUT2D eigenvalue weighted by atomic mass is 9.84. The molecule has 7 nitrogen and oxygen atoms in total. The molecule has 0 saturated heterocycles. The van der Waals surface area contributed by atoms with Crippen LogP contribution in [0.4, 0.5) is 5.69 Å². The summed E-state index contributed by atoms with van der Waals surface area (Å²) in [5.74, 6) is 1.18. The Morgan fingerprint density at radius 2 is 1.88 bits per heavy atom. The topological polar surface area (TPSA) is 72.8 Å². The average Bonchev–Trinajstić information content (AvgIpc) is 3.43. The van der Waals surface area contributed by atoms with Gasteiger partial charge in [0.1, 0.15) is 11.2 Å². The molecule has 3 atom stereocenters. The molecule has 8 heteroatoms. The number of amides is 2. The second-order valence-electron chi connectivity index (χ2n) is 9.58. The van der Waals surface area contributed by atoms with E-state index in [1.807, 2.05) is 35.1 Å². The largest absolute Gasteiger partial charge is 0.493 e. The van der Waals surface area contributed by atoms with E-state index in [0.29, 0.717) is 35.3 Å². The van der Waals surface area contributed by atoms with E-state index in [2.05, 4.69) is 12.2 Å². The summed E-state index contributed by atoms with van der Waals surface area (Å²) in [5, 5.41) is 5.33. The Balaban J connectivity index is 1.61. The average molecular weight is 482 g/mol. The number of aromatic nitrogens is 1. The molecule has 0 bridgehead atoms. The maximum absolute atomic E-state index is 14.0. The quantitative estimate of drug-likeness (QED) is 0.566. The van der Waals surface area contributed by atoms with E-state index in [1.165, 1.54) is 6.42 Å². The minimum absolute atomic E-state index is 0.118. The number of hydrogen-bond acceptors (Lipinski definition) is 5. The van der Waals surface area contributed by atoms with Gasteiger partial charge in [-0.2, -0.15) is 0 Å². The van der Waals surface area contributed by atoms with E-state index in [4.69, 9.17) is 9.47 Å². The van der Waals surface area contributed by atoms with Crippen molar-refractivity contribution in [1.82, 2.24) is 9.88 Å². The van der Waals surface area contributed by atoms with E-state index < -0.39 is 5.54 Å². The van der Waals surface area contributed by atoms with Gasteiger partial charge in [0, 0.05) is 17.8 Å². The van der Waals surface area contributed by atoms with Crippen LogP contribution in [0.1, 0.15) is 50.0 Å². The molecule has 1 saturated carbocycles. The zero-order valence-electron chi connectivity index (χ0n) is 20.1. The number of hydrogen-bond donors (Lipinski definition) is 1. The highest BCUT2D eigenvalue weighted by molar-refractivity contribution is 7.17. The monoisotopic (exact) mass is 481 g/mol. The number of carbonyl (C=O) groups excluding carboxylic acids is 2. The first-order valence-electron chi connectivity index (χ1n) is 11.8. The first-order valence-corrected chi connectivity index (χ1v) is 12.7. The molecule has 0 spiro atoms. The van der Waals surface area contributed by atoms with Crippen LogP contribution >= 0.6 is 11.3 Å². The Morgan fingerprint density at radius 3 is 2.62 bits per heavy atom. The second kappa shape index (κ2) is 8.65. The summed E-state index contributed by atoms with van der Waals surface area (Å²) in [4.78, 5) is 29.6. The lowest BCUT2D eigenvalue weighted by Gasteiger charge is -2.45. The molecule has 0 radical (unpaired) electrons. The lowest BCUT2D eigenvalue weighted by Crippen LogP contribution is -2.65. The van der Waals surface area contributed by atoms with Gasteiger partial charge in [-0.1, -0.05) is 19.8 Å². The van der Waals surface area contributed by atoms with Crippen LogP contribution in [0.3, 0.4) is 0 Å². The third kappa shape index (κ3) is 3.55. The molecule has 3 unspecified atom stereocenters. The fraction of sp³-hybridized carbons (Fsp3) is 0.462. The lowest BCUT2D eigenvalue weighted by molar-refractivity contribution is -0.127. The van der Waals surface area contributed by atoms with E-state index in [-0.39, 0.29) is 17.9 Å². The molecule has 34 heavy (non-hydrogen) atoms. The summed E-state index contributed by atoms with van der Waals surface area (Å²) in [6.45, 7) is 4.44. The van der Waals surface area contributed by atoms with Crippen LogP contribution in [0, 0.1) is 5.92 Å². The minimum atomic E-state index is -1.12. The van der Waals surface area contributed by atoms with Gasteiger partial charge in [-0.3, -0.25) is 14.5 Å². The molecule has 180 valence electrons. The van der Waals surface area contributed by atoms with Gasteiger partial charge in [-0.05, 0) is 55.3 Å². The molecule has 1 aliphatic heterocycles. The molecule has 2 amide bonds. The van der Waals surface area contributed by atoms with Crippen LogP contribution in [0.25, 0.3) is 10.2 Å². The van der Waals surface area contributed by atoms with Crippen molar-refractivity contribution in [2.45, 2.75) is 57.7 Å². The molecular weight excluding hydrogens is 450 g/mol. The first kappa shape index (κ1) is 22.8. The number of thiophene rings is 1. The summed E-state index contributed by atoms with van der Waals surface area (Å²) in [5.41, 5.74) is 1.07. The Labute approximate surface area is 203 Å². The normalized spacial score (nSPS) is 24.7. The van der Waals surface area contributed by atoms with Gasteiger partial charge in [0.2, 0.25) is 5.91 Å². The van der Waals surface area contributed by atoms with Crippen molar-refractivity contribution in [3.05, 3.63) is 41.4 Å². The highest BCUT2D eigenvalue weighted by atomic mass is 32.1. The maximum atomic E-state index is 14.0. The zero-order chi connectivity index (χ0) is 24.0. The third-order valence-corrected chi connectivity index (χ3v) is 8.30. The smallest absolute Gasteiger partial charge is 0.275 e. The molecule has 1 aromatic carbocycles. The standard InChI is InChI=1S/C26H31N3O4S/c1-16-7-5-6-8-18(16)27-25(31)26(2)15-28-19-11-12-34-23(19)14-20(28)24(30)29(26)17-9-10-21(32-3)22(13-17)33-4/h9-14,16,18H,5-8,15H2,1-4H3,(H,27,31). The highest BCUT2D eigenvalue weighted by Crippen LogP contribution is 2.40. The summed E-state index contributed by atoms with van der Waals surface area (Å²) >= 11 is 1.60. The summed E-state index contributed by atoms with van der Waals surface area (Å²) < 4.78 is 13.9. The van der Waals surface area contributed by atoms with E-state index in [1.54, 1.807) is 42.6 Å². The number of nitrogens with one attached hydrogen (secondary N) is 1. The van der Waals surface area contributed by atoms with Crippen molar-refractivity contribution < 1.29 is 19.1 Å². The Bertz CT molecular complexity index is 1250. The fourth-order valence-corrected chi connectivity index (χ4v) is 6.26. The van der Waals surface area contributed by atoms with Gasteiger partial charge >= 0.3 is 0 Å². The van der Waals surface area contributed by atoms with Crippen LogP contribution in [0.15, 0.2) is 35.7 Å². The molecular formula is C26H31N3O4S. The predicted octanol–water partition coefficient (Wildman–Crippen LogP) is 4.83. The molecule has 2 aliphatic rings. The van der Waals surface area contributed by atoms with Gasteiger partial charge in [0.15, 0.2) is 11.5 Å². The molecule has 3 aromatic rings. The number of carbonyl (C=O) groups is 2. The summed E-state index contributed by atoms with van der Waals surface area (Å²) in [7, 11) is 3.14. The maximum Gasteiger partial charge on any atom is 0.275 e. The van der Waals surface area contributed by atoms with E-state index in [9.17, 15) is 9.59 Å². The van der Waals surface area contributed by atoms with Crippen molar-refractivity contribution >= 4 is 39.1 Å². The molecule has 1 fully saturated rings. The molecule has 1 aliphatic carbocycles. The second-order valence-corrected chi connectivity index (χ2v) is 10.5. The van der Waals surface area contributed by atoms with E-state index in [0.717, 1.165) is 29.5 Å². The number of benzene rings is 1. The SMILES string of the molecule is COc1ccc(N2C(=O)c3cc4sccc4n3CC2(C)C(=O)NC2CCCCC2C)cc1OC. The number of fused-ring (bicyclic) bond motifs is 3. The molecule has 1 N–H and O–H groups in total. The zero-order valence-corrected chi connectivity index (χ0v) is 20.9. The van der Waals surface area contributed by atoms with Gasteiger partial charge < -0.3 is 19.4 Å². The summed E-state index contributed by atoms with van der Waals surface area (Å²) in [6.07, 6.45) is 4.39. The number of nitrogens with zero attached hydrogens (tertiary/aromatic N) is 2. The van der Waals surface area contributed by atoms with Crippen molar-refractivity contribution in [2.75, 3.05) is 19.1 Å². The summed E-state index contributed by atoms with van der Waals surface area (Å²) in [6, 6.07) is 9.42. The van der Waals surface area contributed by atoms with Crippen LogP contribution in [0.2, 0.25) is 0 Å². The first-order chi connectivity index (χ1) is 16.4. The predicted molar refractivity (Wildman–Crippen MR) is 134 cm³/mol. The van der Waals surface area contributed by atoms with Gasteiger partial charge in [0.05, 0.1) is 31.0 Å². The number of methoxy groups -OCH3 is 2. The molecule has 3 heterocycles. The van der Waals surface area contributed by atoms with Crippen molar-refractivity contribution in [3.63, 3.8) is 0 Å². The number of anilines is 1. The Morgan fingerprint density at radius 1 is 1.12 bits per heavy atom. The van der Waals surface area contributed by atoms with Gasteiger partial charge in [0.25, 0.3) is 5.91 Å². The van der Waals surface area contributed by atoms with Crippen LogP contribution in [-0.4, -0.2) is 42.2 Å². The van der Waals surface area contributed by atoms with E-state index >= 15 is 0 Å². The molecule has 2 aromatic heterocycles.